The van der Waals surface area contributed by atoms with Crippen LogP contribution in [-0.4, -0.2) is 35.0 Å². The highest BCUT2D eigenvalue weighted by Crippen LogP contribution is 2.37. The first-order chi connectivity index (χ1) is 9.01. The van der Waals surface area contributed by atoms with Gasteiger partial charge < -0.3 is 10.0 Å². The maximum atomic E-state index is 11.9. The molecule has 110 valence electrons. The molecule has 1 N–H and O–H groups in total. The molecule has 1 aliphatic carbocycles. The Bertz CT molecular complexity index is 304. The topological polar surface area (TPSA) is 57.6 Å². The average molecular weight is 269 g/mol. The minimum absolute atomic E-state index is 0.250. The summed E-state index contributed by atoms with van der Waals surface area (Å²) in [7, 11) is 0. The van der Waals surface area contributed by atoms with Gasteiger partial charge in [0.2, 0.25) is 5.91 Å². The van der Waals surface area contributed by atoms with Crippen molar-refractivity contribution in [2.24, 2.45) is 17.8 Å². The maximum Gasteiger partial charge on any atom is 0.290 e. The number of likely N-dealkylation sites (tertiary alicyclic amines) is 1. The SMILES string of the molecule is CC1CCC(C(C)C)C(N2CCCC2=O)C1.O=CO. The number of nitrogens with zero attached hydrogens (tertiary/aromatic N) is 1. The third kappa shape index (κ3) is 4.22. The van der Waals surface area contributed by atoms with Gasteiger partial charge in [-0.1, -0.05) is 27.2 Å². The molecule has 1 heterocycles. The molecule has 2 rings (SSSR count). The standard InChI is InChI=1S/C14H25NO.CH2O2/c1-10(2)12-7-6-11(3)9-13(12)15-8-4-5-14(15)16;2-1-3/h10-13H,4-9H2,1-3H3;1H,(H,2,3). The minimum Gasteiger partial charge on any atom is -0.483 e. The number of amides is 1. The second-order valence-electron chi connectivity index (χ2n) is 6.19. The molecule has 0 radical (unpaired) electrons. The first kappa shape index (κ1) is 16.0. The molecule has 2 fully saturated rings. The lowest BCUT2D eigenvalue weighted by atomic mass is 9.73. The molecule has 0 bridgehead atoms. The van der Waals surface area contributed by atoms with E-state index in [-0.39, 0.29) is 6.47 Å². The lowest BCUT2D eigenvalue weighted by Gasteiger charge is -2.42. The highest BCUT2D eigenvalue weighted by molar-refractivity contribution is 5.78. The van der Waals surface area contributed by atoms with E-state index in [4.69, 9.17) is 9.90 Å². The summed E-state index contributed by atoms with van der Waals surface area (Å²) < 4.78 is 0. The second-order valence-corrected chi connectivity index (χ2v) is 6.19. The molecular formula is C15H27NO3. The normalized spacial score (nSPS) is 31.1. The second kappa shape index (κ2) is 7.51. The zero-order chi connectivity index (χ0) is 14.4. The third-order valence-electron chi connectivity index (χ3n) is 4.50. The highest BCUT2D eigenvalue weighted by atomic mass is 16.3. The number of carbonyl (C=O) groups excluding carboxylic acids is 1. The van der Waals surface area contributed by atoms with E-state index in [9.17, 15) is 4.79 Å². The number of hydrogen-bond donors (Lipinski definition) is 1. The van der Waals surface area contributed by atoms with E-state index in [0.717, 1.165) is 31.2 Å². The van der Waals surface area contributed by atoms with Crippen molar-refractivity contribution in [1.29, 1.82) is 0 Å². The summed E-state index contributed by atoms with van der Waals surface area (Å²) in [4.78, 5) is 22.4. The van der Waals surface area contributed by atoms with Gasteiger partial charge in [-0.2, -0.15) is 0 Å². The van der Waals surface area contributed by atoms with E-state index in [1.165, 1.54) is 19.3 Å². The van der Waals surface area contributed by atoms with Gasteiger partial charge >= 0.3 is 0 Å². The van der Waals surface area contributed by atoms with Crippen LogP contribution in [0.5, 0.6) is 0 Å². The fourth-order valence-electron chi connectivity index (χ4n) is 3.53. The first-order valence-corrected chi connectivity index (χ1v) is 7.38. The quantitative estimate of drug-likeness (QED) is 0.784. The maximum absolute atomic E-state index is 11.9. The van der Waals surface area contributed by atoms with Crippen LogP contribution in [0.1, 0.15) is 52.9 Å². The number of rotatable bonds is 2. The van der Waals surface area contributed by atoms with Gasteiger partial charge in [0.1, 0.15) is 0 Å². The molecule has 0 aromatic heterocycles. The molecule has 1 aliphatic heterocycles. The average Bonchev–Trinajstić information content (AvgIpc) is 2.76. The van der Waals surface area contributed by atoms with Crippen LogP contribution in [0.2, 0.25) is 0 Å². The van der Waals surface area contributed by atoms with E-state index in [0.29, 0.717) is 17.9 Å². The summed E-state index contributed by atoms with van der Waals surface area (Å²) in [5.74, 6) is 2.65. The molecule has 1 saturated heterocycles. The lowest BCUT2D eigenvalue weighted by Crippen LogP contribution is -2.46. The number of carboxylic acid groups (broad SMARTS) is 1. The molecule has 3 atom stereocenters. The fourth-order valence-corrected chi connectivity index (χ4v) is 3.53. The fraction of sp³-hybridized carbons (Fsp3) is 0.867. The Hall–Kier alpha value is -1.06. The van der Waals surface area contributed by atoms with E-state index >= 15 is 0 Å². The Morgan fingerprint density at radius 1 is 1.37 bits per heavy atom. The molecule has 0 aromatic rings. The smallest absolute Gasteiger partial charge is 0.290 e. The summed E-state index contributed by atoms with van der Waals surface area (Å²) in [6.07, 6.45) is 5.76. The van der Waals surface area contributed by atoms with Crippen molar-refractivity contribution in [3.8, 4) is 0 Å². The Morgan fingerprint density at radius 3 is 2.47 bits per heavy atom. The Labute approximate surface area is 116 Å². The van der Waals surface area contributed by atoms with Gasteiger partial charge in [0.25, 0.3) is 6.47 Å². The van der Waals surface area contributed by atoms with Crippen LogP contribution in [0.25, 0.3) is 0 Å². The van der Waals surface area contributed by atoms with Gasteiger partial charge in [-0.25, -0.2) is 0 Å². The Morgan fingerprint density at radius 2 is 2.00 bits per heavy atom. The third-order valence-corrected chi connectivity index (χ3v) is 4.50. The van der Waals surface area contributed by atoms with E-state index in [2.05, 4.69) is 25.7 Å². The molecule has 4 heteroatoms. The van der Waals surface area contributed by atoms with Crippen molar-refractivity contribution < 1.29 is 14.7 Å². The van der Waals surface area contributed by atoms with Crippen LogP contribution in [0, 0.1) is 17.8 Å². The molecule has 0 spiro atoms. The molecule has 0 aromatic carbocycles. The van der Waals surface area contributed by atoms with Gasteiger partial charge in [-0.05, 0) is 37.0 Å². The molecule has 2 aliphatic rings. The predicted octanol–water partition coefficient (Wildman–Crippen LogP) is 2.77. The van der Waals surface area contributed by atoms with Crippen LogP contribution < -0.4 is 0 Å². The molecular weight excluding hydrogens is 242 g/mol. The van der Waals surface area contributed by atoms with Gasteiger partial charge in [0.05, 0.1) is 0 Å². The van der Waals surface area contributed by atoms with E-state index in [1.54, 1.807) is 0 Å². The van der Waals surface area contributed by atoms with Crippen molar-refractivity contribution in [2.45, 2.75) is 58.9 Å². The summed E-state index contributed by atoms with van der Waals surface area (Å²) in [5.41, 5.74) is 0. The molecule has 19 heavy (non-hydrogen) atoms. The first-order valence-electron chi connectivity index (χ1n) is 7.38. The van der Waals surface area contributed by atoms with Gasteiger partial charge in [-0.3, -0.25) is 9.59 Å². The summed E-state index contributed by atoms with van der Waals surface area (Å²) in [6.45, 7) is 7.73. The van der Waals surface area contributed by atoms with Crippen LogP contribution in [0.15, 0.2) is 0 Å². The molecule has 4 nitrogen and oxygen atoms in total. The van der Waals surface area contributed by atoms with Crippen molar-refractivity contribution in [3.05, 3.63) is 0 Å². The van der Waals surface area contributed by atoms with Crippen LogP contribution >= 0.6 is 0 Å². The summed E-state index contributed by atoms with van der Waals surface area (Å²) >= 11 is 0. The highest BCUT2D eigenvalue weighted by Gasteiger charge is 2.37. The molecule has 1 saturated carbocycles. The van der Waals surface area contributed by atoms with Crippen LogP contribution in [-0.2, 0) is 9.59 Å². The van der Waals surface area contributed by atoms with Crippen molar-refractivity contribution in [3.63, 3.8) is 0 Å². The number of carbonyl (C=O) groups is 2. The Kier molecular flexibility index (Phi) is 6.32. The molecule has 3 unspecified atom stereocenters. The summed E-state index contributed by atoms with van der Waals surface area (Å²) in [6, 6.07) is 0.541. The van der Waals surface area contributed by atoms with Crippen LogP contribution in [0.4, 0.5) is 0 Å². The Balaban J connectivity index is 0.000000550. The van der Waals surface area contributed by atoms with Crippen molar-refractivity contribution in [2.75, 3.05) is 6.54 Å². The molecule has 1 amide bonds. The van der Waals surface area contributed by atoms with Crippen LogP contribution in [0.3, 0.4) is 0 Å². The monoisotopic (exact) mass is 269 g/mol. The van der Waals surface area contributed by atoms with Gasteiger partial charge in [-0.15, -0.1) is 0 Å². The predicted molar refractivity (Wildman–Crippen MR) is 74.8 cm³/mol. The van der Waals surface area contributed by atoms with Gasteiger partial charge in [0, 0.05) is 19.0 Å². The van der Waals surface area contributed by atoms with Crippen molar-refractivity contribution >= 4 is 12.4 Å². The van der Waals surface area contributed by atoms with E-state index in [1.807, 2.05) is 0 Å². The minimum atomic E-state index is -0.250. The zero-order valence-corrected chi connectivity index (χ0v) is 12.3. The summed E-state index contributed by atoms with van der Waals surface area (Å²) in [5, 5.41) is 6.89. The number of hydrogen-bond acceptors (Lipinski definition) is 2. The van der Waals surface area contributed by atoms with Gasteiger partial charge in [0.15, 0.2) is 0 Å². The lowest BCUT2D eigenvalue weighted by molar-refractivity contribution is -0.132. The van der Waals surface area contributed by atoms with E-state index < -0.39 is 0 Å². The zero-order valence-electron chi connectivity index (χ0n) is 12.3. The largest absolute Gasteiger partial charge is 0.483 e. The van der Waals surface area contributed by atoms with Crippen molar-refractivity contribution in [1.82, 2.24) is 4.90 Å².